The molecule has 1 N–H and O–H groups in total. The molecule has 1 saturated carbocycles. The SMILES string of the molecule is O=C(OC1C[C@H]2CC[C@@H](C1)N2C(=O)O)c1c(-c2ccccc2OC(F)(F)F)noc1C1CC1. The normalized spacial score (nSPS) is 24.6. The van der Waals surface area contributed by atoms with Crippen molar-refractivity contribution in [2.75, 3.05) is 0 Å². The topological polar surface area (TPSA) is 102 Å². The Morgan fingerprint density at radius 3 is 2.36 bits per heavy atom. The second kappa shape index (κ2) is 7.96. The minimum absolute atomic E-state index is 0.00346. The molecule has 1 aromatic carbocycles. The molecule has 3 heterocycles. The lowest BCUT2D eigenvalue weighted by atomic mass is 9.99. The zero-order valence-electron chi connectivity index (χ0n) is 17.4. The van der Waals surface area contributed by atoms with Crippen molar-refractivity contribution in [3.8, 4) is 17.0 Å². The minimum atomic E-state index is -4.92. The van der Waals surface area contributed by atoms with E-state index in [4.69, 9.17) is 9.26 Å². The summed E-state index contributed by atoms with van der Waals surface area (Å²) in [5, 5.41) is 13.3. The monoisotopic (exact) mass is 466 g/mol. The largest absolute Gasteiger partial charge is 0.573 e. The summed E-state index contributed by atoms with van der Waals surface area (Å²) in [4.78, 5) is 26.2. The van der Waals surface area contributed by atoms with Gasteiger partial charge in [-0.25, -0.2) is 9.59 Å². The molecule has 2 aromatic rings. The number of benzene rings is 1. The Balaban J connectivity index is 1.43. The Bertz CT molecular complexity index is 1070. The molecule has 33 heavy (non-hydrogen) atoms. The number of esters is 1. The average molecular weight is 466 g/mol. The van der Waals surface area contributed by atoms with Gasteiger partial charge in [0.1, 0.15) is 23.1 Å². The van der Waals surface area contributed by atoms with E-state index >= 15 is 0 Å². The Morgan fingerprint density at radius 1 is 1.09 bits per heavy atom. The number of ether oxygens (including phenoxy) is 2. The predicted octanol–water partition coefficient (Wildman–Crippen LogP) is 4.95. The first-order valence-corrected chi connectivity index (χ1v) is 10.8. The van der Waals surface area contributed by atoms with E-state index in [0.29, 0.717) is 31.4 Å². The first-order valence-electron chi connectivity index (χ1n) is 10.8. The summed E-state index contributed by atoms with van der Waals surface area (Å²) in [7, 11) is 0. The molecule has 3 atom stereocenters. The first kappa shape index (κ1) is 21.6. The summed E-state index contributed by atoms with van der Waals surface area (Å²) in [6.07, 6.45) is -2.68. The van der Waals surface area contributed by atoms with Gasteiger partial charge in [-0.3, -0.25) is 0 Å². The van der Waals surface area contributed by atoms with Crippen LogP contribution in [0.25, 0.3) is 11.3 Å². The van der Waals surface area contributed by atoms with Crippen LogP contribution in [0, 0.1) is 0 Å². The van der Waals surface area contributed by atoms with Gasteiger partial charge in [-0.15, -0.1) is 13.2 Å². The molecule has 0 spiro atoms. The zero-order chi connectivity index (χ0) is 23.3. The highest BCUT2D eigenvalue weighted by Crippen LogP contribution is 2.46. The predicted molar refractivity (Wildman–Crippen MR) is 106 cm³/mol. The molecule has 2 saturated heterocycles. The van der Waals surface area contributed by atoms with Gasteiger partial charge >= 0.3 is 18.4 Å². The maximum absolute atomic E-state index is 13.3. The molecule has 1 aromatic heterocycles. The highest BCUT2D eigenvalue weighted by atomic mass is 19.4. The quantitative estimate of drug-likeness (QED) is 0.622. The van der Waals surface area contributed by atoms with Gasteiger partial charge in [0.05, 0.1) is 0 Å². The van der Waals surface area contributed by atoms with E-state index in [-0.39, 0.29) is 34.8 Å². The second-order valence-corrected chi connectivity index (χ2v) is 8.66. The Labute approximate surface area is 186 Å². The van der Waals surface area contributed by atoms with Gasteiger partial charge in [0.2, 0.25) is 0 Å². The summed E-state index contributed by atoms with van der Waals surface area (Å²) < 4.78 is 54.0. The molecule has 8 nitrogen and oxygen atoms in total. The highest BCUT2D eigenvalue weighted by molar-refractivity contribution is 5.98. The summed E-state index contributed by atoms with van der Waals surface area (Å²) >= 11 is 0. The number of piperidine rings is 1. The number of para-hydroxylation sites is 1. The van der Waals surface area contributed by atoms with E-state index < -0.39 is 30.3 Å². The summed E-state index contributed by atoms with van der Waals surface area (Å²) in [5.74, 6) is -0.983. The van der Waals surface area contributed by atoms with Gasteiger partial charge in [0, 0.05) is 36.4 Å². The van der Waals surface area contributed by atoms with Crippen LogP contribution < -0.4 is 4.74 Å². The van der Waals surface area contributed by atoms with Crippen molar-refractivity contribution >= 4 is 12.1 Å². The van der Waals surface area contributed by atoms with E-state index in [1.54, 1.807) is 0 Å². The standard InChI is InChI=1S/C22H21F3N2O6/c23-22(24,25)32-16-4-2-1-3-15(16)18-17(19(33-26-18)11-5-6-11)20(28)31-14-9-12-7-8-13(10-14)27(12)21(29)30/h1-4,11-14H,5-10H2,(H,29,30)/t12-,13+,14?. The fourth-order valence-corrected chi connectivity index (χ4v) is 4.93. The number of carbonyl (C=O) groups is 2. The van der Waals surface area contributed by atoms with Gasteiger partial charge < -0.3 is 24.0 Å². The lowest BCUT2D eigenvalue weighted by Gasteiger charge is -2.36. The summed E-state index contributed by atoms with van der Waals surface area (Å²) in [5.41, 5.74) is -0.0883. The summed E-state index contributed by atoms with van der Waals surface area (Å²) in [6, 6.07) is 4.98. The first-order chi connectivity index (χ1) is 15.7. The number of rotatable bonds is 5. The van der Waals surface area contributed by atoms with Crippen molar-refractivity contribution in [2.45, 2.75) is 69.0 Å². The molecule has 2 bridgehead atoms. The van der Waals surface area contributed by atoms with Crippen LogP contribution in [0.2, 0.25) is 0 Å². The third-order valence-electron chi connectivity index (χ3n) is 6.42. The number of hydrogen-bond donors (Lipinski definition) is 1. The van der Waals surface area contributed by atoms with Crippen LogP contribution in [0.1, 0.15) is 60.6 Å². The zero-order valence-corrected chi connectivity index (χ0v) is 17.4. The number of amides is 1. The fourth-order valence-electron chi connectivity index (χ4n) is 4.93. The summed E-state index contributed by atoms with van der Waals surface area (Å²) in [6.45, 7) is 0. The van der Waals surface area contributed by atoms with E-state index in [9.17, 15) is 27.9 Å². The van der Waals surface area contributed by atoms with E-state index in [2.05, 4.69) is 9.89 Å². The number of halogens is 3. The van der Waals surface area contributed by atoms with Gasteiger partial charge in [-0.1, -0.05) is 17.3 Å². The maximum Gasteiger partial charge on any atom is 0.573 e. The lowest BCUT2D eigenvalue weighted by molar-refractivity contribution is -0.274. The molecular weight excluding hydrogens is 445 g/mol. The van der Waals surface area contributed by atoms with Gasteiger partial charge in [0.15, 0.2) is 5.76 Å². The van der Waals surface area contributed by atoms with E-state index in [1.165, 1.54) is 23.1 Å². The number of carbonyl (C=O) groups excluding carboxylic acids is 1. The minimum Gasteiger partial charge on any atom is -0.465 e. The van der Waals surface area contributed by atoms with Crippen LogP contribution in [0.5, 0.6) is 5.75 Å². The van der Waals surface area contributed by atoms with Crippen molar-refractivity contribution < 1.29 is 41.9 Å². The van der Waals surface area contributed by atoms with Crippen LogP contribution in [0.3, 0.4) is 0 Å². The molecule has 3 aliphatic rings. The van der Waals surface area contributed by atoms with Crippen LogP contribution in [0.15, 0.2) is 28.8 Å². The average Bonchev–Trinajstić information content (AvgIpc) is 3.42. The number of carboxylic acid groups (broad SMARTS) is 1. The van der Waals surface area contributed by atoms with Crippen molar-refractivity contribution in [1.29, 1.82) is 0 Å². The van der Waals surface area contributed by atoms with Crippen molar-refractivity contribution in [3.05, 3.63) is 35.6 Å². The third-order valence-corrected chi connectivity index (χ3v) is 6.42. The molecule has 0 radical (unpaired) electrons. The Morgan fingerprint density at radius 2 is 1.76 bits per heavy atom. The van der Waals surface area contributed by atoms with Crippen molar-refractivity contribution in [3.63, 3.8) is 0 Å². The van der Waals surface area contributed by atoms with Crippen molar-refractivity contribution in [1.82, 2.24) is 10.1 Å². The Kier molecular flexibility index (Phi) is 5.21. The molecule has 3 fully saturated rings. The van der Waals surface area contributed by atoms with Gasteiger partial charge in [0.25, 0.3) is 0 Å². The lowest BCUT2D eigenvalue weighted by Crippen LogP contribution is -2.48. The molecule has 5 rings (SSSR count). The number of aromatic nitrogens is 1. The highest BCUT2D eigenvalue weighted by Gasteiger charge is 2.45. The number of hydrogen-bond acceptors (Lipinski definition) is 6. The second-order valence-electron chi connectivity index (χ2n) is 8.66. The molecule has 1 amide bonds. The number of fused-ring (bicyclic) bond motifs is 2. The van der Waals surface area contributed by atoms with Crippen LogP contribution in [-0.4, -0.2) is 51.8 Å². The fraction of sp³-hybridized carbons (Fsp3) is 0.500. The van der Waals surface area contributed by atoms with Crippen LogP contribution in [0.4, 0.5) is 18.0 Å². The molecule has 1 unspecified atom stereocenters. The number of nitrogens with zero attached hydrogens (tertiary/aromatic N) is 2. The van der Waals surface area contributed by atoms with Crippen LogP contribution in [-0.2, 0) is 4.74 Å². The smallest absolute Gasteiger partial charge is 0.465 e. The Hall–Kier alpha value is -3.24. The molecule has 2 aliphatic heterocycles. The molecule has 11 heteroatoms. The third kappa shape index (κ3) is 4.23. The molecule has 176 valence electrons. The van der Waals surface area contributed by atoms with E-state index in [0.717, 1.165) is 18.9 Å². The van der Waals surface area contributed by atoms with Crippen LogP contribution >= 0.6 is 0 Å². The number of alkyl halides is 3. The van der Waals surface area contributed by atoms with E-state index in [1.807, 2.05) is 0 Å². The molecular formula is C22H21F3N2O6. The molecule has 1 aliphatic carbocycles. The maximum atomic E-state index is 13.3. The van der Waals surface area contributed by atoms with Crippen molar-refractivity contribution in [2.24, 2.45) is 0 Å². The van der Waals surface area contributed by atoms with Gasteiger partial charge in [-0.2, -0.15) is 0 Å². The van der Waals surface area contributed by atoms with Gasteiger partial charge in [-0.05, 0) is 37.8 Å².